The Morgan fingerprint density at radius 3 is 2.47 bits per heavy atom. The summed E-state index contributed by atoms with van der Waals surface area (Å²) >= 11 is 13.4. The van der Waals surface area contributed by atoms with Gasteiger partial charge in [0.1, 0.15) is 0 Å². The largest absolute Gasteiger partial charge is 0.538 e. The molecule has 0 atom stereocenters. The number of hydrogen-bond acceptors (Lipinski definition) is 7. The molecular formula is C18H12Cl2N4O4S2. The van der Waals surface area contributed by atoms with Crippen molar-refractivity contribution in [2.45, 2.75) is 11.9 Å². The average molecular weight is 483 g/mol. The highest BCUT2D eigenvalue weighted by atomic mass is 35.5. The van der Waals surface area contributed by atoms with Gasteiger partial charge in [-0.15, -0.1) is 11.3 Å². The van der Waals surface area contributed by atoms with Gasteiger partial charge in [-0.2, -0.15) is 8.42 Å². The Hall–Kier alpha value is -2.66. The smallest absolute Gasteiger partial charge is 0.373 e. The van der Waals surface area contributed by atoms with Crippen LogP contribution in [0.25, 0.3) is 16.9 Å². The van der Waals surface area contributed by atoms with E-state index in [1.807, 2.05) is 6.92 Å². The van der Waals surface area contributed by atoms with Gasteiger partial charge in [0.2, 0.25) is 5.69 Å². The first kappa shape index (κ1) is 20.6. The predicted molar refractivity (Wildman–Crippen MR) is 111 cm³/mol. The number of sulfonamides is 1. The first-order valence-corrected chi connectivity index (χ1v) is 11.5. The van der Waals surface area contributed by atoms with Crippen molar-refractivity contribution in [1.82, 2.24) is 10.3 Å². The van der Waals surface area contributed by atoms with Crippen LogP contribution >= 0.6 is 34.5 Å². The zero-order valence-electron chi connectivity index (χ0n) is 15.2. The van der Waals surface area contributed by atoms with E-state index < -0.39 is 21.0 Å². The Balaban J connectivity index is 1.69. The van der Waals surface area contributed by atoms with E-state index in [2.05, 4.69) is 19.5 Å². The van der Waals surface area contributed by atoms with Gasteiger partial charge in [-0.25, -0.2) is 9.71 Å². The summed E-state index contributed by atoms with van der Waals surface area (Å²) in [6, 6.07) is 11.7. The standard InChI is InChI=1S/C18H12Cl2N4O4S2/c1-10-5-7-11(8-6-10)24-16(17(25)28-23-24)30(26,27)22-18-21-14(9-29-18)15-12(19)3-2-4-13(15)20/h2-9H,1H3,(H-,21,22,23,25). The molecular weight excluding hydrogens is 471 g/mol. The molecule has 0 radical (unpaired) electrons. The van der Waals surface area contributed by atoms with Gasteiger partial charge in [-0.1, -0.05) is 47.0 Å². The lowest BCUT2D eigenvalue weighted by Gasteiger charge is -2.04. The minimum atomic E-state index is -4.35. The Kier molecular flexibility index (Phi) is 5.41. The molecule has 0 saturated carbocycles. The SMILES string of the molecule is Cc1ccc(-[n+]2noc([O-])c2S(=O)(=O)Nc2nc(-c3c(Cl)cccc3Cl)cs2)cc1. The zero-order chi connectivity index (χ0) is 21.5. The van der Waals surface area contributed by atoms with Gasteiger partial charge >= 0.3 is 15.0 Å². The molecule has 2 aromatic heterocycles. The number of anilines is 1. The van der Waals surface area contributed by atoms with Crippen LogP contribution < -0.4 is 14.5 Å². The van der Waals surface area contributed by atoms with Crippen LogP contribution in [0.1, 0.15) is 5.56 Å². The van der Waals surface area contributed by atoms with Crippen LogP contribution in [-0.2, 0) is 10.0 Å². The number of aromatic nitrogens is 3. The molecule has 0 aliphatic rings. The van der Waals surface area contributed by atoms with E-state index in [1.54, 1.807) is 47.8 Å². The topological polar surface area (TPSA) is 112 Å². The summed E-state index contributed by atoms with van der Waals surface area (Å²) in [6.45, 7) is 1.88. The van der Waals surface area contributed by atoms with E-state index in [9.17, 15) is 13.5 Å². The molecule has 0 fully saturated rings. The molecule has 0 amide bonds. The van der Waals surface area contributed by atoms with E-state index in [4.69, 9.17) is 23.2 Å². The van der Waals surface area contributed by atoms with Crippen LogP contribution in [-0.4, -0.2) is 18.7 Å². The summed E-state index contributed by atoms with van der Waals surface area (Å²) in [6.07, 6.45) is 0. The van der Waals surface area contributed by atoms with Gasteiger partial charge in [0.05, 0.1) is 21.0 Å². The Bertz CT molecular complexity index is 1310. The zero-order valence-corrected chi connectivity index (χ0v) is 18.3. The monoisotopic (exact) mass is 482 g/mol. The van der Waals surface area contributed by atoms with Crippen LogP contribution in [0.2, 0.25) is 10.0 Å². The molecule has 4 rings (SSSR count). The number of nitrogens with one attached hydrogen (secondary N) is 1. The molecule has 12 heteroatoms. The summed E-state index contributed by atoms with van der Waals surface area (Å²) in [7, 11) is -4.35. The van der Waals surface area contributed by atoms with Crippen molar-refractivity contribution in [1.29, 1.82) is 0 Å². The number of nitrogens with zero attached hydrogens (tertiary/aromatic N) is 3. The van der Waals surface area contributed by atoms with E-state index >= 15 is 0 Å². The lowest BCUT2D eigenvalue weighted by atomic mass is 10.2. The molecule has 30 heavy (non-hydrogen) atoms. The third-order valence-corrected chi connectivity index (χ3v) is 6.88. The van der Waals surface area contributed by atoms with Gasteiger partial charge in [-0.05, 0) is 23.7 Å². The highest BCUT2D eigenvalue weighted by Gasteiger charge is 2.34. The number of rotatable bonds is 5. The first-order valence-electron chi connectivity index (χ1n) is 8.35. The van der Waals surface area contributed by atoms with Crippen molar-refractivity contribution in [2.24, 2.45) is 0 Å². The fourth-order valence-corrected chi connectivity index (χ4v) is 5.31. The third-order valence-electron chi connectivity index (χ3n) is 4.05. The molecule has 8 nitrogen and oxygen atoms in total. The van der Waals surface area contributed by atoms with Crippen molar-refractivity contribution in [3.63, 3.8) is 0 Å². The second kappa shape index (κ2) is 7.88. The lowest BCUT2D eigenvalue weighted by molar-refractivity contribution is -0.706. The second-order valence-corrected chi connectivity index (χ2v) is 9.42. The molecule has 0 saturated heterocycles. The Morgan fingerprint density at radius 2 is 1.80 bits per heavy atom. The van der Waals surface area contributed by atoms with E-state index in [0.29, 0.717) is 27.0 Å². The highest BCUT2D eigenvalue weighted by Crippen LogP contribution is 2.36. The second-order valence-electron chi connectivity index (χ2n) is 6.15. The maximum Gasteiger partial charge on any atom is 0.373 e. The van der Waals surface area contributed by atoms with Crippen LogP contribution in [0.4, 0.5) is 5.13 Å². The van der Waals surface area contributed by atoms with Gasteiger partial charge in [0.15, 0.2) is 11.1 Å². The van der Waals surface area contributed by atoms with Gasteiger partial charge in [0, 0.05) is 23.1 Å². The summed E-state index contributed by atoms with van der Waals surface area (Å²) in [5.74, 6) is -1.10. The highest BCUT2D eigenvalue weighted by molar-refractivity contribution is 7.92. The molecule has 1 N–H and O–H groups in total. The number of hydrogen-bond donors (Lipinski definition) is 1. The molecule has 4 aromatic rings. The minimum absolute atomic E-state index is 0.0250. The fraction of sp³-hybridized carbons (Fsp3) is 0.0556. The van der Waals surface area contributed by atoms with Gasteiger partial charge in [0.25, 0.3) is 0 Å². The van der Waals surface area contributed by atoms with Crippen LogP contribution in [0.5, 0.6) is 5.95 Å². The number of thiazole rings is 1. The predicted octanol–water partition coefficient (Wildman–Crippen LogP) is 3.56. The van der Waals surface area contributed by atoms with Gasteiger partial charge in [-0.3, -0.25) is 0 Å². The van der Waals surface area contributed by atoms with Crippen molar-refractivity contribution < 1.29 is 22.7 Å². The van der Waals surface area contributed by atoms with E-state index in [0.717, 1.165) is 21.6 Å². The number of halogens is 2. The minimum Gasteiger partial charge on any atom is -0.538 e. The molecule has 0 unspecified atom stereocenters. The Morgan fingerprint density at radius 1 is 1.13 bits per heavy atom. The third kappa shape index (κ3) is 3.86. The maximum absolute atomic E-state index is 12.9. The fourth-order valence-electron chi connectivity index (χ4n) is 2.66. The van der Waals surface area contributed by atoms with Crippen molar-refractivity contribution in [3.05, 3.63) is 63.5 Å². The van der Waals surface area contributed by atoms with Crippen LogP contribution in [0, 0.1) is 6.92 Å². The molecule has 2 heterocycles. The normalized spacial score (nSPS) is 11.6. The average Bonchev–Trinajstić information content (AvgIpc) is 3.29. The van der Waals surface area contributed by atoms with Crippen LogP contribution in [0.15, 0.2) is 57.4 Å². The van der Waals surface area contributed by atoms with Gasteiger partial charge < -0.3 is 9.63 Å². The van der Waals surface area contributed by atoms with Crippen molar-refractivity contribution in [3.8, 4) is 22.9 Å². The number of benzene rings is 2. The van der Waals surface area contributed by atoms with E-state index in [1.165, 1.54) is 0 Å². The molecule has 2 aromatic carbocycles. The summed E-state index contributed by atoms with van der Waals surface area (Å²) in [4.78, 5) is 4.24. The lowest BCUT2D eigenvalue weighted by Crippen LogP contribution is -2.40. The quantitative estimate of drug-likeness (QED) is 0.435. The summed E-state index contributed by atoms with van der Waals surface area (Å²) < 4.78 is 33.6. The van der Waals surface area contributed by atoms with Crippen molar-refractivity contribution >= 4 is 49.7 Å². The first-order chi connectivity index (χ1) is 14.3. The molecule has 0 aliphatic carbocycles. The Labute approximate surface area is 185 Å². The number of aryl methyl sites for hydroxylation is 1. The molecule has 154 valence electrons. The summed E-state index contributed by atoms with van der Waals surface area (Å²) in [5.41, 5.74) is 2.19. The molecule has 0 bridgehead atoms. The van der Waals surface area contributed by atoms with Crippen LogP contribution in [0.3, 0.4) is 0 Å². The molecule has 0 aliphatic heterocycles. The van der Waals surface area contributed by atoms with Crippen molar-refractivity contribution in [2.75, 3.05) is 4.72 Å². The van der Waals surface area contributed by atoms with E-state index in [-0.39, 0.29) is 5.13 Å². The maximum atomic E-state index is 12.9. The molecule has 0 spiro atoms. The summed E-state index contributed by atoms with van der Waals surface area (Å²) in [5, 5.41) is 17.4.